The number of carbonyl (C=O) groups excluding carboxylic acids is 1. The lowest BCUT2D eigenvalue weighted by Crippen LogP contribution is -2.23. The zero-order chi connectivity index (χ0) is 21.1. The lowest BCUT2D eigenvalue weighted by molar-refractivity contribution is -0.117. The molecule has 0 fully saturated rings. The number of nitriles is 1. The summed E-state index contributed by atoms with van der Waals surface area (Å²) in [5.74, 6) is 2.96. The van der Waals surface area contributed by atoms with Crippen LogP contribution in [0, 0.1) is 23.7 Å². The van der Waals surface area contributed by atoms with Gasteiger partial charge in [-0.1, -0.05) is 42.3 Å². The Bertz CT molecular complexity index is 980. The summed E-state index contributed by atoms with van der Waals surface area (Å²) in [5.41, 5.74) is 2.37. The maximum atomic E-state index is 12.4. The van der Waals surface area contributed by atoms with Gasteiger partial charge in [-0.3, -0.25) is 4.79 Å². The number of allylic oxidation sites excluding steroid dienone is 1. The molecule has 2 rings (SSSR count). The highest BCUT2D eigenvalue weighted by atomic mass is 16.5. The largest absolute Gasteiger partial charge is 0.493 e. The van der Waals surface area contributed by atoms with Crippen LogP contribution in [0.2, 0.25) is 0 Å². The average molecular weight is 386 g/mol. The summed E-state index contributed by atoms with van der Waals surface area (Å²) in [7, 11) is 1.51. The van der Waals surface area contributed by atoms with Crippen molar-refractivity contribution in [3.05, 3.63) is 77.4 Å². The van der Waals surface area contributed by atoms with Crippen LogP contribution in [0.4, 0.5) is 0 Å². The summed E-state index contributed by atoms with van der Waals surface area (Å²) in [6, 6.07) is 14.9. The highest BCUT2D eigenvalue weighted by molar-refractivity contribution is 6.01. The van der Waals surface area contributed by atoms with Gasteiger partial charge in [-0.15, -0.1) is 13.0 Å². The summed E-state index contributed by atoms with van der Waals surface area (Å²) >= 11 is 0. The number of hydrogen-bond acceptors (Lipinski definition) is 4. The number of benzene rings is 2. The molecule has 29 heavy (non-hydrogen) atoms. The van der Waals surface area contributed by atoms with E-state index >= 15 is 0 Å². The van der Waals surface area contributed by atoms with Crippen molar-refractivity contribution in [1.29, 1.82) is 5.26 Å². The molecule has 0 radical (unpaired) electrons. The fourth-order valence-electron chi connectivity index (χ4n) is 2.69. The molecule has 0 saturated carbocycles. The number of terminal acetylenes is 1. The van der Waals surface area contributed by atoms with Crippen molar-refractivity contribution in [2.24, 2.45) is 0 Å². The number of amides is 1. The summed E-state index contributed by atoms with van der Waals surface area (Å²) in [6.45, 7) is 4.19. The van der Waals surface area contributed by atoms with E-state index in [2.05, 4.69) is 17.8 Å². The van der Waals surface area contributed by atoms with E-state index in [1.807, 2.05) is 42.5 Å². The van der Waals surface area contributed by atoms with Gasteiger partial charge in [0.2, 0.25) is 0 Å². The van der Waals surface area contributed by atoms with Crippen LogP contribution in [0.5, 0.6) is 11.5 Å². The highest BCUT2D eigenvalue weighted by Crippen LogP contribution is 2.34. The molecule has 5 nitrogen and oxygen atoms in total. The Morgan fingerprint density at radius 1 is 1.31 bits per heavy atom. The molecule has 0 atom stereocenters. The van der Waals surface area contributed by atoms with Crippen molar-refractivity contribution in [3.8, 4) is 29.9 Å². The van der Waals surface area contributed by atoms with E-state index in [1.165, 1.54) is 13.2 Å². The van der Waals surface area contributed by atoms with Crippen LogP contribution in [0.3, 0.4) is 0 Å². The fraction of sp³-hybridized carbons (Fsp3) is 0.167. The first-order chi connectivity index (χ1) is 14.1. The molecular weight excluding hydrogens is 364 g/mol. The van der Waals surface area contributed by atoms with Gasteiger partial charge >= 0.3 is 0 Å². The Labute approximate surface area is 171 Å². The van der Waals surface area contributed by atoms with E-state index in [-0.39, 0.29) is 12.2 Å². The topological polar surface area (TPSA) is 71.3 Å². The molecule has 0 heterocycles. The number of nitrogens with one attached hydrogen (secondary N) is 1. The van der Waals surface area contributed by atoms with Gasteiger partial charge < -0.3 is 14.8 Å². The number of methoxy groups -OCH3 is 1. The number of hydrogen-bond donors (Lipinski definition) is 1. The van der Waals surface area contributed by atoms with Crippen molar-refractivity contribution in [2.75, 3.05) is 13.7 Å². The van der Waals surface area contributed by atoms with Crippen molar-refractivity contribution in [3.63, 3.8) is 0 Å². The Morgan fingerprint density at radius 3 is 2.69 bits per heavy atom. The van der Waals surface area contributed by atoms with E-state index in [9.17, 15) is 10.1 Å². The molecule has 0 aromatic heterocycles. The second-order valence-corrected chi connectivity index (χ2v) is 6.04. The van der Waals surface area contributed by atoms with Crippen molar-refractivity contribution >= 4 is 12.0 Å². The lowest BCUT2D eigenvalue weighted by Gasteiger charge is -2.14. The Balaban J connectivity index is 2.30. The molecule has 1 amide bonds. The van der Waals surface area contributed by atoms with Gasteiger partial charge in [-0.25, -0.2) is 0 Å². The molecule has 5 heteroatoms. The zero-order valence-electron chi connectivity index (χ0n) is 16.3. The molecule has 0 saturated heterocycles. The van der Waals surface area contributed by atoms with Crippen LogP contribution in [0.15, 0.2) is 60.7 Å². The first kappa shape index (κ1) is 21.3. The first-order valence-corrected chi connectivity index (χ1v) is 8.95. The third-order valence-corrected chi connectivity index (χ3v) is 4.01. The summed E-state index contributed by atoms with van der Waals surface area (Å²) in [5, 5.41) is 12.2. The van der Waals surface area contributed by atoms with Crippen LogP contribution in [0.1, 0.15) is 16.7 Å². The van der Waals surface area contributed by atoms with Crippen LogP contribution < -0.4 is 14.8 Å². The zero-order valence-corrected chi connectivity index (χ0v) is 16.3. The Morgan fingerprint density at radius 2 is 2.07 bits per heavy atom. The number of ether oxygens (including phenoxy) is 2. The molecule has 0 unspecified atom stereocenters. The smallest absolute Gasteiger partial charge is 0.262 e. The molecular formula is C24H22N2O3. The van der Waals surface area contributed by atoms with Crippen LogP contribution >= 0.6 is 0 Å². The number of nitrogens with zero attached hydrogens (tertiary/aromatic N) is 1. The van der Waals surface area contributed by atoms with Crippen LogP contribution in [-0.2, 0) is 17.8 Å². The first-order valence-electron chi connectivity index (χ1n) is 8.95. The summed E-state index contributed by atoms with van der Waals surface area (Å²) in [6.07, 6.45) is 9.04. The minimum Gasteiger partial charge on any atom is -0.493 e. The van der Waals surface area contributed by atoms with Gasteiger partial charge in [0.05, 0.1) is 7.11 Å². The van der Waals surface area contributed by atoms with Crippen LogP contribution in [-0.4, -0.2) is 19.6 Å². The minimum atomic E-state index is -0.451. The van der Waals surface area contributed by atoms with Crippen molar-refractivity contribution in [1.82, 2.24) is 5.32 Å². The molecule has 2 aromatic carbocycles. The number of carbonyl (C=O) groups is 1. The van der Waals surface area contributed by atoms with Gasteiger partial charge in [-0.05, 0) is 35.8 Å². The van der Waals surface area contributed by atoms with Gasteiger partial charge in [0.15, 0.2) is 11.5 Å². The third-order valence-electron chi connectivity index (χ3n) is 4.01. The maximum Gasteiger partial charge on any atom is 0.262 e. The monoisotopic (exact) mass is 386 g/mol. The van der Waals surface area contributed by atoms with Crippen LogP contribution in [0.25, 0.3) is 6.08 Å². The highest BCUT2D eigenvalue weighted by Gasteiger charge is 2.14. The minimum absolute atomic E-state index is 0.00942. The quantitative estimate of drug-likeness (QED) is 0.309. The van der Waals surface area contributed by atoms with E-state index in [0.29, 0.717) is 30.0 Å². The van der Waals surface area contributed by atoms with E-state index in [1.54, 1.807) is 12.1 Å². The second kappa shape index (κ2) is 11.0. The fourth-order valence-corrected chi connectivity index (χ4v) is 2.69. The van der Waals surface area contributed by atoms with Crippen molar-refractivity contribution in [2.45, 2.75) is 13.0 Å². The molecule has 0 bridgehead atoms. The predicted molar refractivity (Wildman–Crippen MR) is 113 cm³/mol. The molecule has 1 N–H and O–H groups in total. The average Bonchev–Trinajstić information content (AvgIpc) is 2.75. The van der Waals surface area contributed by atoms with Gasteiger partial charge in [0, 0.05) is 12.1 Å². The third kappa shape index (κ3) is 6.02. The standard InChI is InChI=1S/C24H22N2O3/c1-4-9-20-13-19(15-22(28-3)23(20)29-12-5-2)14-21(16-25)24(27)26-17-18-10-7-6-8-11-18/h2,4,6-8,10-11,13-15H,1,9,12,17H2,3H3,(H,26,27)/b21-14+. The molecule has 2 aromatic rings. The van der Waals surface area contributed by atoms with Crippen molar-refractivity contribution < 1.29 is 14.3 Å². The molecule has 146 valence electrons. The Hall–Kier alpha value is -3.96. The SMILES string of the molecule is C#CCOc1c(CC=C)cc(/C=C(\C#N)C(=O)NCc2ccccc2)cc1OC. The second-order valence-electron chi connectivity index (χ2n) is 6.04. The lowest BCUT2D eigenvalue weighted by atomic mass is 10.0. The van der Waals surface area contributed by atoms with Gasteiger partial charge in [-0.2, -0.15) is 5.26 Å². The predicted octanol–water partition coefficient (Wildman–Crippen LogP) is 3.66. The summed E-state index contributed by atoms with van der Waals surface area (Å²) in [4.78, 5) is 12.4. The summed E-state index contributed by atoms with van der Waals surface area (Å²) < 4.78 is 11.0. The molecule has 0 spiro atoms. The van der Waals surface area contributed by atoms with Gasteiger partial charge in [0.25, 0.3) is 5.91 Å². The normalized spacial score (nSPS) is 10.4. The molecule has 0 aliphatic rings. The molecule has 0 aliphatic carbocycles. The van der Waals surface area contributed by atoms with E-state index in [0.717, 1.165) is 11.1 Å². The van der Waals surface area contributed by atoms with Gasteiger partial charge in [0.1, 0.15) is 18.2 Å². The Kier molecular flexibility index (Phi) is 8.10. The molecule has 0 aliphatic heterocycles. The van der Waals surface area contributed by atoms with E-state index < -0.39 is 5.91 Å². The van der Waals surface area contributed by atoms with E-state index in [4.69, 9.17) is 15.9 Å². The number of rotatable bonds is 9. The maximum absolute atomic E-state index is 12.4.